The molecule has 5 N–H and O–H groups in total. The summed E-state index contributed by atoms with van der Waals surface area (Å²) in [4.78, 5) is 34.4. The Balaban J connectivity index is 1.98. The van der Waals surface area contributed by atoms with Gasteiger partial charge in [0.05, 0.1) is 12.1 Å². The van der Waals surface area contributed by atoms with Crippen LogP contribution in [0.15, 0.2) is 41.5 Å². The highest BCUT2D eigenvalue weighted by Gasteiger charge is 2.08. The van der Waals surface area contributed by atoms with E-state index in [9.17, 15) is 14.4 Å². The summed E-state index contributed by atoms with van der Waals surface area (Å²) < 4.78 is 2.82. The predicted octanol–water partition coefficient (Wildman–Crippen LogP) is -0.0959. The van der Waals surface area contributed by atoms with E-state index in [-0.39, 0.29) is 43.4 Å². The monoisotopic (exact) mass is 345 g/mol. The number of carboxylic acids is 1. The van der Waals surface area contributed by atoms with Gasteiger partial charge in [-0.3, -0.25) is 24.1 Å². The number of nitrogen functional groups attached to an aromatic ring is 1. The number of nitrogens with zero attached hydrogens (tertiary/aromatic N) is 2. The zero-order valence-corrected chi connectivity index (χ0v) is 13.4. The van der Waals surface area contributed by atoms with Crippen LogP contribution >= 0.6 is 0 Å². The van der Waals surface area contributed by atoms with Gasteiger partial charge in [-0.05, 0) is 24.3 Å². The highest BCUT2D eigenvalue weighted by atomic mass is 16.4. The molecule has 9 nitrogen and oxygen atoms in total. The fourth-order valence-electron chi connectivity index (χ4n) is 2.20. The Morgan fingerprint density at radius 2 is 1.84 bits per heavy atom. The summed E-state index contributed by atoms with van der Waals surface area (Å²) >= 11 is 0. The lowest BCUT2D eigenvalue weighted by Gasteiger charge is -2.05. The van der Waals surface area contributed by atoms with Crippen molar-refractivity contribution in [2.75, 3.05) is 6.54 Å². The summed E-state index contributed by atoms with van der Waals surface area (Å²) in [6.45, 7) is 0.253. The van der Waals surface area contributed by atoms with Gasteiger partial charge in [0.15, 0.2) is 0 Å². The molecule has 1 heterocycles. The van der Waals surface area contributed by atoms with E-state index in [1.807, 2.05) is 0 Å². The zero-order chi connectivity index (χ0) is 18.4. The number of imidazole rings is 1. The van der Waals surface area contributed by atoms with Gasteiger partial charge in [-0.1, -0.05) is 0 Å². The summed E-state index contributed by atoms with van der Waals surface area (Å²) in [7, 11) is 0. The fourth-order valence-corrected chi connectivity index (χ4v) is 2.20. The lowest BCUT2D eigenvalue weighted by molar-refractivity contribution is -0.136. The molecule has 0 radical (unpaired) electrons. The maximum Gasteiger partial charge on any atom is 0.332 e. The largest absolute Gasteiger partial charge is 0.481 e. The molecule has 0 bridgehead atoms. The maximum absolute atomic E-state index is 12.4. The molecule has 0 fully saturated rings. The van der Waals surface area contributed by atoms with Crippen molar-refractivity contribution in [3.63, 3.8) is 0 Å². The molecule has 0 aliphatic rings. The summed E-state index contributed by atoms with van der Waals surface area (Å²) in [5.41, 5.74) is 6.29. The highest BCUT2D eigenvalue weighted by Crippen LogP contribution is 2.07. The van der Waals surface area contributed by atoms with Gasteiger partial charge in [0.2, 0.25) is 5.91 Å². The van der Waals surface area contributed by atoms with E-state index in [1.54, 1.807) is 36.7 Å². The Hall–Kier alpha value is -3.36. The van der Waals surface area contributed by atoms with E-state index < -0.39 is 5.97 Å². The van der Waals surface area contributed by atoms with Gasteiger partial charge in [-0.2, -0.15) is 0 Å². The molecule has 0 saturated heterocycles. The van der Waals surface area contributed by atoms with E-state index in [2.05, 4.69) is 5.32 Å². The van der Waals surface area contributed by atoms with Gasteiger partial charge in [0.1, 0.15) is 5.84 Å². The number of carbonyl (C=O) groups excluding carboxylic acids is 1. The third-order valence-electron chi connectivity index (χ3n) is 3.54. The molecular weight excluding hydrogens is 326 g/mol. The molecule has 9 heteroatoms. The van der Waals surface area contributed by atoms with Crippen molar-refractivity contribution < 1.29 is 14.7 Å². The van der Waals surface area contributed by atoms with Crippen molar-refractivity contribution in [1.29, 1.82) is 5.41 Å². The molecule has 1 aromatic carbocycles. The average molecular weight is 345 g/mol. The summed E-state index contributed by atoms with van der Waals surface area (Å²) in [5.74, 6) is -1.35. The molecule has 0 aliphatic carbocycles. The number of carboxylic acid groups (broad SMARTS) is 1. The van der Waals surface area contributed by atoms with E-state index in [0.29, 0.717) is 11.3 Å². The number of hydrogen-bond acceptors (Lipinski definition) is 4. The van der Waals surface area contributed by atoms with E-state index in [4.69, 9.17) is 16.2 Å². The summed E-state index contributed by atoms with van der Waals surface area (Å²) in [6.07, 6.45) is 3.10. The number of aromatic nitrogens is 2. The van der Waals surface area contributed by atoms with Crippen LogP contribution in [-0.2, 0) is 16.1 Å². The minimum atomic E-state index is -0.982. The molecule has 132 valence electrons. The van der Waals surface area contributed by atoms with Crippen molar-refractivity contribution in [2.24, 2.45) is 5.73 Å². The van der Waals surface area contributed by atoms with Crippen LogP contribution in [0.2, 0.25) is 0 Å². The van der Waals surface area contributed by atoms with Crippen LogP contribution in [0.5, 0.6) is 0 Å². The molecule has 0 atom stereocenters. The Kier molecular flexibility index (Phi) is 5.72. The minimum absolute atomic E-state index is 0.0506. The molecule has 0 saturated carbocycles. The maximum atomic E-state index is 12.4. The number of aryl methyl sites for hydroxylation is 1. The first-order valence-corrected chi connectivity index (χ1v) is 7.59. The van der Waals surface area contributed by atoms with Crippen molar-refractivity contribution in [3.05, 3.63) is 52.7 Å². The van der Waals surface area contributed by atoms with Crippen LogP contribution in [0.25, 0.3) is 5.69 Å². The number of carbonyl (C=O) groups is 2. The van der Waals surface area contributed by atoms with Crippen molar-refractivity contribution in [1.82, 2.24) is 14.5 Å². The average Bonchev–Trinajstić information content (AvgIpc) is 2.93. The number of benzene rings is 1. The second-order valence-electron chi connectivity index (χ2n) is 5.35. The lowest BCUT2D eigenvalue weighted by atomic mass is 10.2. The van der Waals surface area contributed by atoms with Gasteiger partial charge < -0.3 is 16.2 Å². The number of aliphatic carboxylic acids is 1. The molecule has 25 heavy (non-hydrogen) atoms. The smallest absolute Gasteiger partial charge is 0.332 e. The number of nitrogens with one attached hydrogen (secondary N) is 2. The first-order valence-electron chi connectivity index (χ1n) is 7.59. The summed E-state index contributed by atoms with van der Waals surface area (Å²) in [6, 6.07) is 6.66. The van der Waals surface area contributed by atoms with Gasteiger partial charge >= 0.3 is 11.7 Å². The fraction of sp³-hybridized carbons (Fsp3) is 0.250. The van der Waals surface area contributed by atoms with Crippen molar-refractivity contribution in [2.45, 2.75) is 19.4 Å². The molecule has 0 aliphatic heterocycles. The molecule has 0 unspecified atom stereocenters. The van der Waals surface area contributed by atoms with Crippen LogP contribution in [0.3, 0.4) is 0 Å². The number of amidine groups is 1. The SMILES string of the molecule is N=C(N)c1ccc(-n2ccn(CCC(=O)NCCC(=O)O)c2=O)cc1. The number of nitrogens with two attached hydrogens (primary N) is 1. The van der Waals surface area contributed by atoms with Gasteiger partial charge in [-0.25, -0.2) is 4.79 Å². The second kappa shape index (κ2) is 7.95. The molecule has 1 amide bonds. The van der Waals surface area contributed by atoms with Crippen LogP contribution in [0.1, 0.15) is 18.4 Å². The Morgan fingerprint density at radius 1 is 1.16 bits per heavy atom. The Bertz CT molecular complexity index is 835. The number of hydrogen-bond donors (Lipinski definition) is 4. The van der Waals surface area contributed by atoms with Gasteiger partial charge in [-0.15, -0.1) is 0 Å². The van der Waals surface area contributed by atoms with Crippen molar-refractivity contribution in [3.8, 4) is 5.69 Å². The van der Waals surface area contributed by atoms with Crippen LogP contribution < -0.4 is 16.7 Å². The van der Waals surface area contributed by atoms with E-state index in [1.165, 1.54) is 9.13 Å². The first kappa shape index (κ1) is 18.0. The summed E-state index contributed by atoms with van der Waals surface area (Å²) in [5, 5.41) is 18.4. The molecule has 2 aromatic rings. The quantitative estimate of drug-likeness (QED) is 0.390. The van der Waals surface area contributed by atoms with Gasteiger partial charge in [0.25, 0.3) is 0 Å². The molecule has 1 aromatic heterocycles. The second-order valence-corrected chi connectivity index (χ2v) is 5.35. The first-order chi connectivity index (χ1) is 11.9. The van der Waals surface area contributed by atoms with Gasteiger partial charge in [0, 0.05) is 37.5 Å². The number of amides is 1. The normalized spacial score (nSPS) is 10.4. The zero-order valence-electron chi connectivity index (χ0n) is 13.4. The predicted molar refractivity (Wildman–Crippen MR) is 90.9 cm³/mol. The molecule has 0 spiro atoms. The Labute approximate surface area is 143 Å². The molecule has 2 rings (SSSR count). The molecular formula is C16H19N5O4. The number of rotatable bonds is 8. The standard InChI is InChI=1S/C16H19N5O4/c17-15(18)11-1-3-12(4-2-11)21-10-9-20(16(21)25)8-6-13(22)19-7-5-14(23)24/h1-4,9-10H,5-8H2,(H3,17,18)(H,19,22)(H,23,24). The van der Waals surface area contributed by atoms with E-state index >= 15 is 0 Å². The van der Waals surface area contributed by atoms with Crippen LogP contribution in [-0.4, -0.2) is 38.5 Å². The minimum Gasteiger partial charge on any atom is -0.481 e. The third kappa shape index (κ3) is 4.80. The highest BCUT2D eigenvalue weighted by molar-refractivity contribution is 5.95. The van der Waals surface area contributed by atoms with E-state index in [0.717, 1.165) is 0 Å². The third-order valence-corrected chi connectivity index (χ3v) is 3.54. The topological polar surface area (TPSA) is 143 Å². The van der Waals surface area contributed by atoms with Crippen LogP contribution in [0.4, 0.5) is 0 Å². The Morgan fingerprint density at radius 3 is 2.44 bits per heavy atom. The lowest BCUT2D eigenvalue weighted by Crippen LogP contribution is -2.29. The van der Waals surface area contributed by atoms with Crippen LogP contribution in [0, 0.1) is 5.41 Å². The van der Waals surface area contributed by atoms with Crippen molar-refractivity contribution >= 4 is 17.7 Å².